The fourth-order valence-corrected chi connectivity index (χ4v) is 1.51. The van der Waals surface area contributed by atoms with E-state index in [1.165, 1.54) is 6.07 Å². The molecule has 1 N–H and O–H groups in total. The number of benzene rings is 1. The molecule has 0 bridgehead atoms. The molecule has 0 amide bonds. The van der Waals surface area contributed by atoms with Crippen molar-refractivity contribution in [3.63, 3.8) is 0 Å². The minimum atomic E-state index is -0.326. The van der Waals surface area contributed by atoms with Crippen molar-refractivity contribution in [3.8, 4) is 5.75 Å². The minimum absolute atomic E-state index is 0.293. The zero-order valence-corrected chi connectivity index (χ0v) is 11.7. The van der Waals surface area contributed by atoms with Gasteiger partial charge in [0.1, 0.15) is 0 Å². The van der Waals surface area contributed by atoms with Crippen molar-refractivity contribution in [3.05, 3.63) is 41.7 Å². The first kappa shape index (κ1) is 15.7. The van der Waals surface area contributed by atoms with Crippen molar-refractivity contribution >= 4 is 0 Å². The predicted molar refractivity (Wildman–Crippen MR) is 74.9 cm³/mol. The van der Waals surface area contributed by atoms with Crippen LogP contribution in [0.15, 0.2) is 30.4 Å². The topological polar surface area (TPSA) is 30.5 Å². The van der Waals surface area contributed by atoms with Crippen molar-refractivity contribution in [2.45, 2.75) is 19.9 Å². The van der Waals surface area contributed by atoms with Gasteiger partial charge in [-0.05, 0) is 24.6 Å². The molecule has 1 rings (SSSR count). The summed E-state index contributed by atoms with van der Waals surface area (Å²) in [5.74, 6) is -0.0327. The van der Waals surface area contributed by atoms with E-state index in [4.69, 9.17) is 9.47 Å². The number of rotatable bonds is 9. The van der Waals surface area contributed by atoms with Crippen LogP contribution in [0.25, 0.3) is 0 Å². The van der Waals surface area contributed by atoms with Crippen LogP contribution in [0.5, 0.6) is 5.75 Å². The van der Waals surface area contributed by atoms with Gasteiger partial charge in [-0.3, -0.25) is 0 Å². The SMILES string of the molecule is C=C(C)CCOc1ccc(CNCCOC)cc1F. The van der Waals surface area contributed by atoms with Gasteiger partial charge < -0.3 is 14.8 Å². The Balaban J connectivity index is 2.42. The van der Waals surface area contributed by atoms with Gasteiger partial charge in [0.15, 0.2) is 11.6 Å². The Morgan fingerprint density at radius 3 is 2.79 bits per heavy atom. The van der Waals surface area contributed by atoms with Crippen LogP contribution in [-0.4, -0.2) is 26.9 Å². The number of hydrogen-bond donors (Lipinski definition) is 1. The van der Waals surface area contributed by atoms with Crippen LogP contribution >= 0.6 is 0 Å². The molecule has 0 radical (unpaired) electrons. The van der Waals surface area contributed by atoms with Crippen LogP contribution in [0.4, 0.5) is 4.39 Å². The zero-order valence-electron chi connectivity index (χ0n) is 11.7. The van der Waals surface area contributed by atoms with E-state index in [0.29, 0.717) is 25.5 Å². The van der Waals surface area contributed by atoms with Crippen LogP contribution < -0.4 is 10.1 Å². The maximum atomic E-state index is 13.8. The number of halogens is 1. The predicted octanol–water partition coefficient (Wildman–Crippen LogP) is 2.91. The molecule has 106 valence electrons. The second kappa shape index (κ2) is 8.67. The molecule has 4 heteroatoms. The third-order valence-electron chi connectivity index (χ3n) is 2.59. The first-order valence-corrected chi connectivity index (χ1v) is 6.38. The molecule has 1 aromatic carbocycles. The molecule has 0 heterocycles. The molecular weight excluding hydrogens is 245 g/mol. The normalized spacial score (nSPS) is 10.5. The molecule has 0 atom stereocenters. The number of methoxy groups -OCH3 is 1. The van der Waals surface area contributed by atoms with Crippen molar-refractivity contribution < 1.29 is 13.9 Å². The third kappa shape index (κ3) is 6.36. The van der Waals surface area contributed by atoms with E-state index in [9.17, 15) is 4.39 Å². The Hall–Kier alpha value is -1.39. The maximum Gasteiger partial charge on any atom is 0.165 e. The highest BCUT2D eigenvalue weighted by Crippen LogP contribution is 2.18. The molecule has 3 nitrogen and oxygen atoms in total. The van der Waals surface area contributed by atoms with Gasteiger partial charge in [0, 0.05) is 26.6 Å². The van der Waals surface area contributed by atoms with Crippen molar-refractivity contribution in [2.75, 3.05) is 26.9 Å². The lowest BCUT2D eigenvalue weighted by atomic mass is 10.2. The molecule has 0 saturated heterocycles. The Morgan fingerprint density at radius 1 is 1.37 bits per heavy atom. The van der Waals surface area contributed by atoms with Gasteiger partial charge in [0.05, 0.1) is 13.2 Å². The Bertz CT molecular complexity index is 407. The molecule has 0 aliphatic carbocycles. The van der Waals surface area contributed by atoms with E-state index < -0.39 is 0 Å². The summed E-state index contributed by atoms with van der Waals surface area (Å²) in [6.07, 6.45) is 0.736. The van der Waals surface area contributed by atoms with Crippen LogP contribution in [-0.2, 0) is 11.3 Å². The lowest BCUT2D eigenvalue weighted by Crippen LogP contribution is -2.18. The average Bonchev–Trinajstić information content (AvgIpc) is 2.37. The highest BCUT2D eigenvalue weighted by atomic mass is 19.1. The third-order valence-corrected chi connectivity index (χ3v) is 2.59. The zero-order chi connectivity index (χ0) is 14.1. The van der Waals surface area contributed by atoms with E-state index in [1.54, 1.807) is 13.2 Å². The summed E-state index contributed by atoms with van der Waals surface area (Å²) in [5.41, 5.74) is 1.92. The monoisotopic (exact) mass is 267 g/mol. The van der Waals surface area contributed by atoms with E-state index in [1.807, 2.05) is 13.0 Å². The Morgan fingerprint density at radius 2 is 2.16 bits per heavy atom. The summed E-state index contributed by atoms with van der Waals surface area (Å²) in [7, 11) is 1.65. The molecular formula is C15H22FNO2. The number of ether oxygens (including phenoxy) is 2. The highest BCUT2D eigenvalue weighted by Gasteiger charge is 2.04. The van der Waals surface area contributed by atoms with Crippen LogP contribution in [0.1, 0.15) is 18.9 Å². The fourth-order valence-electron chi connectivity index (χ4n) is 1.51. The van der Waals surface area contributed by atoms with Crippen LogP contribution in [0.2, 0.25) is 0 Å². The van der Waals surface area contributed by atoms with E-state index in [2.05, 4.69) is 11.9 Å². The molecule has 0 fully saturated rings. The molecule has 1 aromatic rings. The van der Waals surface area contributed by atoms with E-state index in [0.717, 1.165) is 24.1 Å². The molecule has 0 saturated carbocycles. The van der Waals surface area contributed by atoms with E-state index >= 15 is 0 Å². The maximum absolute atomic E-state index is 13.8. The first-order valence-electron chi connectivity index (χ1n) is 6.38. The summed E-state index contributed by atoms with van der Waals surface area (Å²) in [5, 5.41) is 3.16. The van der Waals surface area contributed by atoms with E-state index in [-0.39, 0.29) is 5.82 Å². The van der Waals surface area contributed by atoms with Gasteiger partial charge in [-0.1, -0.05) is 11.6 Å². The van der Waals surface area contributed by atoms with Gasteiger partial charge in [-0.15, -0.1) is 6.58 Å². The summed E-state index contributed by atoms with van der Waals surface area (Å²) >= 11 is 0. The van der Waals surface area contributed by atoms with Gasteiger partial charge in [0.2, 0.25) is 0 Å². The lowest BCUT2D eigenvalue weighted by molar-refractivity contribution is 0.199. The average molecular weight is 267 g/mol. The molecule has 0 spiro atoms. The largest absolute Gasteiger partial charge is 0.490 e. The summed E-state index contributed by atoms with van der Waals surface area (Å²) < 4.78 is 24.0. The van der Waals surface area contributed by atoms with Crippen LogP contribution in [0.3, 0.4) is 0 Å². The summed E-state index contributed by atoms with van der Waals surface area (Å²) in [6.45, 7) is 8.17. The quantitative estimate of drug-likeness (QED) is 0.551. The van der Waals surface area contributed by atoms with Crippen molar-refractivity contribution in [1.82, 2.24) is 5.32 Å². The van der Waals surface area contributed by atoms with Crippen molar-refractivity contribution in [2.24, 2.45) is 0 Å². The number of nitrogens with one attached hydrogen (secondary N) is 1. The fraction of sp³-hybridized carbons (Fsp3) is 0.467. The molecule has 0 aliphatic rings. The highest BCUT2D eigenvalue weighted by molar-refractivity contribution is 5.29. The second-order valence-corrected chi connectivity index (χ2v) is 4.49. The Labute approximate surface area is 114 Å². The van der Waals surface area contributed by atoms with Gasteiger partial charge in [-0.25, -0.2) is 4.39 Å². The first-order chi connectivity index (χ1) is 9.13. The molecule has 0 unspecified atom stereocenters. The van der Waals surface area contributed by atoms with Gasteiger partial charge >= 0.3 is 0 Å². The molecule has 0 aromatic heterocycles. The van der Waals surface area contributed by atoms with Crippen molar-refractivity contribution in [1.29, 1.82) is 0 Å². The Kier molecular flexibility index (Phi) is 7.15. The second-order valence-electron chi connectivity index (χ2n) is 4.49. The molecule has 0 aliphatic heterocycles. The standard InChI is InChI=1S/C15H22FNO2/c1-12(2)6-8-19-15-5-4-13(10-14(15)16)11-17-7-9-18-3/h4-5,10,17H,1,6-9,11H2,2-3H3. The summed E-state index contributed by atoms with van der Waals surface area (Å²) in [4.78, 5) is 0. The number of hydrogen-bond acceptors (Lipinski definition) is 3. The minimum Gasteiger partial charge on any atom is -0.490 e. The molecule has 19 heavy (non-hydrogen) atoms. The van der Waals surface area contributed by atoms with Gasteiger partial charge in [0.25, 0.3) is 0 Å². The van der Waals surface area contributed by atoms with Gasteiger partial charge in [-0.2, -0.15) is 0 Å². The smallest absolute Gasteiger partial charge is 0.165 e. The lowest BCUT2D eigenvalue weighted by Gasteiger charge is -2.09. The summed E-state index contributed by atoms with van der Waals surface area (Å²) in [6, 6.07) is 5.02. The van der Waals surface area contributed by atoms with Crippen LogP contribution in [0, 0.1) is 5.82 Å².